The van der Waals surface area contributed by atoms with E-state index in [0.717, 1.165) is 9.71 Å². The van der Waals surface area contributed by atoms with Gasteiger partial charge in [-0.2, -0.15) is 10.2 Å². The molecule has 5 N–H and O–H groups in total. The van der Waals surface area contributed by atoms with Crippen LogP contribution >= 0.6 is 11.3 Å². The highest BCUT2D eigenvalue weighted by atomic mass is 32.1. The third-order valence-electron chi connectivity index (χ3n) is 4.20. The largest absolute Gasteiger partial charge is 0.504 e. The Hall–Kier alpha value is -3.47. The lowest BCUT2D eigenvalue weighted by Crippen LogP contribution is -2.24. The van der Waals surface area contributed by atoms with Gasteiger partial charge in [0.2, 0.25) is 0 Å². The van der Waals surface area contributed by atoms with Crippen molar-refractivity contribution in [1.29, 1.82) is 5.41 Å². The molecule has 138 valence electrons. The van der Waals surface area contributed by atoms with E-state index >= 15 is 0 Å². The Morgan fingerprint density at radius 2 is 2.33 bits per heavy atom. The molecule has 0 amide bonds. The van der Waals surface area contributed by atoms with Crippen LogP contribution in [0.2, 0.25) is 0 Å². The van der Waals surface area contributed by atoms with Crippen LogP contribution in [0.3, 0.4) is 0 Å². The Morgan fingerprint density at radius 1 is 1.52 bits per heavy atom. The lowest BCUT2D eigenvalue weighted by atomic mass is 10.3. The van der Waals surface area contributed by atoms with E-state index in [1.54, 1.807) is 17.8 Å². The van der Waals surface area contributed by atoms with Crippen LogP contribution in [-0.4, -0.2) is 40.3 Å². The van der Waals surface area contributed by atoms with Crippen LogP contribution in [0.1, 0.15) is 10.7 Å². The van der Waals surface area contributed by atoms with Crippen molar-refractivity contribution >= 4 is 38.3 Å². The summed E-state index contributed by atoms with van der Waals surface area (Å²) in [5.74, 6) is -0.0167. The molecule has 0 aliphatic heterocycles. The summed E-state index contributed by atoms with van der Waals surface area (Å²) in [5.41, 5.74) is 6.89. The Bertz CT molecular complexity index is 1260. The molecule has 0 fully saturated rings. The number of fused-ring (bicyclic) bond motifs is 3. The van der Waals surface area contributed by atoms with Crippen molar-refractivity contribution in [2.24, 2.45) is 12.8 Å². The first kappa shape index (κ1) is 17.0. The van der Waals surface area contributed by atoms with Gasteiger partial charge in [0.25, 0.3) is 5.56 Å². The molecule has 0 saturated heterocycles. The van der Waals surface area contributed by atoms with Crippen LogP contribution in [-0.2, 0) is 20.0 Å². The number of nitrogens with two attached hydrogens (primary N) is 1. The summed E-state index contributed by atoms with van der Waals surface area (Å²) < 4.78 is 3.84. The van der Waals surface area contributed by atoms with Gasteiger partial charge < -0.3 is 20.8 Å². The van der Waals surface area contributed by atoms with Crippen LogP contribution in [0.4, 0.5) is 0 Å². The topological polar surface area (TPSA) is 151 Å². The minimum absolute atomic E-state index is 0.0167. The molecule has 0 spiro atoms. The fourth-order valence-electron chi connectivity index (χ4n) is 2.93. The highest BCUT2D eigenvalue weighted by molar-refractivity contribution is 7.19. The molecule has 27 heavy (non-hydrogen) atoms. The van der Waals surface area contributed by atoms with E-state index in [9.17, 15) is 9.90 Å². The van der Waals surface area contributed by atoms with Gasteiger partial charge in [-0.1, -0.05) is 0 Å². The van der Waals surface area contributed by atoms with E-state index < -0.39 is 0 Å². The summed E-state index contributed by atoms with van der Waals surface area (Å²) in [6.07, 6.45) is 6.19. The number of nitrogens with one attached hydrogen (secondary N) is 2. The Balaban J connectivity index is 1.79. The maximum atomic E-state index is 12.9. The molecule has 10 nitrogen and oxygen atoms in total. The zero-order chi connectivity index (χ0) is 19.1. The van der Waals surface area contributed by atoms with Gasteiger partial charge >= 0.3 is 0 Å². The van der Waals surface area contributed by atoms with Crippen LogP contribution < -0.4 is 11.3 Å². The number of aromatic amines is 1. The average Bonchev–Trinajstić information content (AvgIpc) is 3.28. The molecule has 4 aromatic heterocycles. The molecule has 0 bridgehead atoms. The quantitative estimate of drug-likeness (QED) is 0.375. The van der Waals surface area contributed by atoms with E-state index in [-0.39, 0.29) is 17.9 Å². The standard InChI is InChI=1S/C16H16N8O2S/c1-23-13-9(14-15(23)21-12(27-14)4-8(18)2-3-17)5-20-24(16(13)26)7-10-11(25)6-19-22-10/h2-3,5-6,18,25H,4,7,17H2,1H3,(H,19,22)/b3-2-,18-8?. The highest BCUT2D eigenvalue weighted by Crippen LogP contribution is 2.31. The normalized spacial score (nSPS) is 11.9. The Labute approximate surface area is 156 Å². The lowest BCUT2D eigenvalue weighted by Gasteiger charge is -2.04. The van der Waals surface area contributed by atoms with Gasteiger partial charge in [0.1, 0.15) is 16.2 Å². The minimum atomic E-state index is -0.289. The number of rotatable bonds is 5. The molecule has 0 unspecified atom stereocenters. The van der Waals surface area contributed by atoms with E-state index in [4.69, 9.17) is 11.1 Å². The molecular formula is C16H16N8O2S. The van der Waals surface area contributed by atoms with E-state index in [2.05, 4.69) is 20.3 Å². The van der Waals surface area contributed by atoms with Gasteiger partial charge in [0, 0.05) is 24.6 Å². The number of allylic oxidation sites excluding steroid dienone is 1. The van der Waals surface area contributed by atoms with Crippen LogP contribution in [0, 0.1) is 5.41 Å². The maximum Gasteiger partial charge on any atom is 0.291 e. The zero-order valence-electron chi connectivity index (χ0n) is 14.3. The average molecular weight is 384 g/mol. The third-order valence-corrected chi connectivity index (χ3v) is 5.28. The number of H-pyrrole nitrogens is 1. The number of hydrogen-bond acceptors (Lipinski definition) is 8. The molecule has 0 saturated carbocycles. The number of aryl methyl sites for hydroxylation is 1. The summed E-state index contributed by atoms with van der Waals surface area (Å²) in [5, 5.41) is 29.7. The third kappa shape index (κ3) is 2.77. The van der Waals surface area contributed by atoms with Gasteiger partial charge in [-0.25, -0.2) is 9.67 Å². The predicted octanol–water partition coefficient (Wildman–Crippen LogP) is 0.856. The summed E-state index contributed by atoms with van der Waals surface area (Å²) in [7, 11) is 1.77. The number of aromatic hydroxyl groups is 1. The number of nitrogens with zero attached hydrogens (tertiary/aromatic N) is 5. The first-order chi connectivity index (χ1) is 13.0. The van der Waals surface area contributed by atoms with Crippen molar-refractivity contribution in [1.82, 2.24) is 29.5 Å². The van der Waals surface area contributed by atoms with Gasteiger partial charge in [0.15, 0.2) is 11.4 Å². The molecule has 0 radical (unpaired) electrons. The van der Waals surface area contributed by atoms with Crippen molar-refractivity contribution in [3.63, 3.8) is 0 Å². The molecule has 0 atom stereocenters. The number of aromatic nitrogens is 6. The predicted molar refractivity (Wildman–Crippen MR) is 102 cm³/mol. The number of hydrogen-bond donors (Lipinski definition) is 4. The number of thiazole rings is 1. The Morgan fingerprint density at radius 3 is 3.04 bits per heavy atom. The summed E-state index contributed by atoms with van der Waals surface area (Å²) in [6.45, 7) is 0.0597. The smallest absolute Gasteiger partial charge is 0.291 e. The van der Waals surface area contributed by atoms with E-state index in [1.807, 2.05) is 0 Å². The fraction of sp³-hybridized carbons (Fsp3) is 0.188. The second-order valence-electron chi connectivity index (χ2n) is 5.97. The second-order valence-corrected chi connectivity index (χ2v) is 7.05. The molecule has 4 heterocycles. The summed E-state index contributed by atoms with van der Waals surface area (Å²) in [4.78, 5) is 17.4. The molecular weight excluding hydrogens is 368 g/mol. The minimum Gasteiger partial charge on any atom is -0.504 e. The molecule has 4 rings (SSSR count). The van der Waals surface area contributed by atoms with Crippen molar-refractivity contribution in [2.75, 3.05) is 0 Å². The monoisotopic (exact) mass is 384 g/mol. The zero-order valence-corrected chi connectivity index (χ0v) is 15.1. The van der Waals surface area contributed by atoms with Crippen molar-refractivity contribution in [2.45, 2.75) is 13.0 Å². The highest BCUT2D eigenvalue weighted by Gasteiger charge is 2.19. The summed E-state index contributed by atoms with van der Waals surface area (Å²) >= 11 is 1.43. The Kier molecular flexibility index (Phi) is 4.00. The summed E-state index contributed by atoms with van der Waals surface area (Å²) in [6, 6.07) is 0. The van der Waals surface area contributed by atoms with Crippen LogP contribution in [0.25, 0.3) is 21.3 Å². The van der Waals surface area contributed by atoms with Crippen molar-refractivity contribution in [3.05, 3.63) is 45.7 Å². The molecule has 0 aliphatic carbocycles. The van der Waals surface area contributed by atoms with Crippen molar-refractivity contribution < 1.29 is 5.11 Å². The van der Waals surface area contributed by atoms with Gasteiger partial charge in [-0.15, -0.1) is 11.3 Å². The molecule has 0 aliphatic rings. The SMILES string of the molecule is Cn1c2nc(CC(=N)/C=C\N)sc2c2cnn(Cc3n[nH]cc3O)c(=O)c21. The lowest BCUT2D eigenvalue weighted by molar-refractivity contribution is 0.462. The first-order valence-corrected chi connectivity index (χ1v) is 8.82. The van der Waals surface area contributed by atoms with Gasteiger partial charge in [0.05, 0.1) is 23.6 Å². The van der Waals surface area contributed by atoms with E-state index in [1.165, 1.54) is 34.5 Å². The van der Waals surface area contributed by atoms with Crippen molar-refractivity contribution in [3.8, 4) is 5.75 Å². The maximum absolute atomic E-state index is 12.9. The first-order valence-electron chi connectivity index (χ1n) is 8.00. The van der Waals surface area contributed by atoms with Gasteiger partial charge in [-0.3, -0.25) is 9.89 Å². The fourth-order valence-corrected chi connectivity index (χ4v) is 4.06. The molecule has 0 aromatic carbocycles. The molecule has 11 heteroatoms. The van der Waals surface area contributed by atoms with Crippen LogP contribution in [0.5, 0.6) is 5.75 Å². The van der Waals surface area contributed by atoms with E-state index in [0.29, 0.717) is 34.4 Å². The second kappa shape index (κ2) is 6.36. The van der Waals surface area contributed by atoms with Crippen LogP contribution in [0.15, 0.2) is 29.5 Å². The van der Waals surface area contributed by atoms with Gasteiger partial charge in [-0.05, 0) is 12.3 Å². The molecule has 4 aromatic rings.